The molecule has 1 atom stereocenters. The third-order valence-corrected chi connectivity index (χ3v) is 3.97. The second-order valence-electron chi connectivity index (χ2n) is 4.40. The minimum Gasteiger partial charge on any atom is -0.323 e. The summed E-state index contributed by atoms with van der Waals surface area (Å²) in [5, 5.41) is 0. The highest BCUT2D eigenvalue weighted by Gasteiger charge is 2.09. The van der Waals surface area contributed by atoms with Crippen LogP contribution in [0.25, 0.3) is 0 Å². The van der Waals surface area contributed by atoms with Crippen molar-refractivity contribution in [3.05, 3.63) is 65.2 Å². The number of rotatable bonds is 4. The smallest absolute Gasteiger partial charge is 0.136 e. The molecular formula is C15H15F2NS. The van der Waals surface area contributed by atoms with E-state index < -0.39 is 11.6 Å². The summed E-state index contributed by atoms with van der Waals surface area (Å²) >= 11 is 1.23. The summed E-state index contributed by atoms with van der Waals surface area (Å²) in [6.45, 7) is 2.01. The van der Waals surface area contributed by atoms with E-state index in [-0.39, 0.29) is 6.04 Å². The minimum atomic E-state index is -0.437. The molecule has 0 aliphatic heterocycles. The first-order valence-corrected chi connectivity index (χ1v) is 6.95. The number of benzene rings is 2. The molecule has 0 saturated heterocycles. The summed E-state index contributed by atoms with van der Waals surface area (Å²) in [6.07, 6.45) is 0. The molecule has 0 bridgehead atoms. The van der Waals surface area contributed by atoms with E-state index in [1.807, 2.05) is 31.2 Å². The van der Waals surface area contributed by atoms with Gasteiger partial charge in [-0.25, -0.2) is 8.78 Å². The van der Waals surface area contributed by atoms with Gasteiger partial charge in [0.25, 0.3) is 0 Å². The number of nitrogens with two attached hydrogens (primary N) is 1. The van der Waals surface area contributed by atoms with Gasteiger partial charge in [0.05, 0.1) is 0 Å². The average molecular weight is 279 g/mol. The highest BCUT2D eigenvalue weighted by Crippen LogP contribution is 2.26. The van der Waals surface area contributed by atoms with E-state index in [0.29, 0.717) is 10.6 Å². The van der Waals surface area contributed by atoms with Crippen LogP contribution in [0.5, 0.6) is 0 Å². The summed E-state index contributed by atoms with van der Waals surface area (Å²) < 4.78 is 26.5. The normalized spacial score (nSPS) is 12.4. The molecule has 0 radical (unpaired) electrons. The molecule has 2 aromatic carbocycles. The lowest BCUT2D eigenvalue weighted by Crippen LogP contribution is -2.13. The predicted molar refractivity (Wildman–Crippen MR) is 75.2 cm³/mol. The van der Waals surface area contributed by atoms with Crippen LogP contribution in [-0.4, -0.2) is 5.75 Å². The molecule has 0 amide bonds. The highest BCUT2D eigenvalue weighted by molar-refractivity contribution is 7.99. The van der Waals surface area contributed by atoms with Crippen LogP contribution >= 0.6 is 11.8 Å². The topological polar surface area (TPSA) is 26.0 Å². The third-order valence-electron chi connectivity index (χ3n) is 2.82. The van der Waals surface area contributed by atoms with Gasteiger partial charge in [0.2, 0.25) is 0 Å². The zero-order valence-corrected chi connectivity index (χ0v) is 11.4. The van der Waals surface area contributed by atoms with Gasteiger partial charge in [0.15, 0.2) is 0 Å². The quantitative estimate of drug-likeness (QED) is 0.854. The van der Waals surface area contributed by atoms with Crippen LogP contribution in [0, 0.1) is 18.6 Å². The fraction of sp³-hybridized carbons (Fsp3) is 0.200. The van der Waals surface area contributed by atoms with Gasteiger partial charge in [-0.05, 0) is 30.7 Å². The van der Waals surface area contributed by atoms with Crippen molar-refractivity contribution in [2.45, 2.75) is 17.9 Å². The van der Waals surface area contributed by atoms with E-state index >= 15 is 0 Å². The van der Waals surface area contributed by atoms with E-state index in [0.717, 1.165) is 17.7 Å². The molecule has 0 heterocycles. The van der Waals surface area contributed by atoms with Gasteiger partial charge in [-0.2, -0.15) is 0 Å². The fourth-order valence-corrected chi connectivity index (χ4v) is 2.63. The van der Waals surface area contributed by atoms with Crippen molar-refractivity contribution in [2.24, 2.45) is 5.73 Å². The Morgan fingerprint density at radius 3 is 2.47 bits per heavy atom. The number of hydrogen-bond acceptors (Lipinski definition) is 2. The second-order valence-corrected chi connectivity index (χ2v) is 5.46. The Morgan fingerprint density at radius 2 is 1.79 bits per heavy atom. The molecule has 2 N–H and O–H groups in total. The molecular weight excluding hydrogens is 264 g/mol. The summed E-state index contributed by atoms with van der Waals surface area (Å²) in [6, 6.07) is 11.1. The van der Waals surface area contributed by atoms with E-state index in [9.17, 15) is 8.78 Å². The van der Waals surface area contributed by atoms with Crippen molar-refractivity contribution >= 4 is 11.8 Å². The van der Waals surface area contributed by atoms with Crippen molar-refractivity contribution in [2.75, 3.05) is 5.75 Å². The second kappa shape index (κ2) is 6.17. The largest absolute Gasteiger partial charge is 0.323 e. The molecule has 0 spiro atoms. The Balaban J connectivity index is 2.02. The number of halogens is 2. The zero-order chi connectivity index (χ0) is 13.8. The zero-order valence-electron chi connectivity index (χ0n) is 10.6. The van der Waals surface area contributed by atoms with Gasteiger partial charge in [-0.15, -0.1) is 11.8 Å². The van der Waals surface area contributed by atoms with Crippen LogP contribution in [0.1, 0.15) is 17.2 Å². The molecule has 0 aromatic heterocycles. The lowest BCUT2D eigenvalue weighted by Gasteiger charge is -2.12. The van der Waals surface area contributed by atoms with Gasteiger partial charge in [-0.3, -0.25) is 0 Å². The third kappa shape index (κ3) is 3.78. The van der Waals surface area contributed by atoms with E-state index in [4.69, 9.17) is 5.73 Å². The molecule has 4 heteroatoms. The molecule has 100 valence electrons. The molecule has 0 fully saturated rings. The molecule has 2 aromatic rings. The molecule has 1 nitrogen and oxygen atoms in total. The van der Waals surface area contributed by atoms with Gasteiger partial charge < -0.3 is 5.73 Å². The summed E-state index contributed by atoms with van der Waals surface area (Å²) in [4.78, 5) is 0.294. The lowest BCUT2D eigenvalue weighted by molar-refractivity contribution is 0.577. The van der Waals surface area contributed by atoms with E-state index in [2.05, 4.69) is 0 Å². The number of aryl methyl sites for hydroxylation is 1. The van der Waals surface area contributed by atoms with Gasteiger partial charge in [-0.1, -0.05) is 29.8 Å². The maximum Gasteiger partial charge on any atom is 0.136 e. The molecule has 1 unspecified atom stereocenters. The minimum absolute atomic E-state index is 0.201. The Labute approximate surface area is 115 Å². The van der Waals surface area contributed by atoms with Gasteiger partial charge in [0, 0.05) is 16.7 Å². The molecule has 0 aliphatic rings. The lowest BCUT2D eigenvalue weighted by atomic mass is 10.1. The first-order chi connectivity index (χ1) is 9.06. The van der Waals surface area contributed by atoms with Crippen molar-refractivity contribution in [3.63, 3.8) is 0 Å². The Kier molecular flexibility index (Phi) is 4.56. The van der Waals surface area contributed by atoms with Crippen molar-refractivity contribution in [1.82, 2.24) is 0 Å². The summed E-state index contributed by atoms with van der Waals surface area (Å²) in [7, 11) is 0. The Hall–Kier alpha value is -1.39. The number of thioether (sulfide) groups is 1. The van der Waals surface area contributed by atoms with Gasteiger partial charge >= 0.3 is 0 Å². The van der Waals surface area contributed by atoms with Crippen LogP contribution in [0.2, 0.25) is 0 Å². The molecule has 0 aliphatic carbocycles. The Bertz CT molecular complexity index is 555. The molecule has 19 heavy (non-hydrogen) atoms. The van der Waals surface area contributed by atoms with Crippen LogP contribution in [-0.2, 0) is 0 Å². The first kappa shape index (κ1) is 14.0. The maximum absolute atomic E-state index is 13.4. The summed E-state index contributed by atoms with van der Waals surface area (Å²) in [5.41, 5.74) is 8.21. The van der Waals surface area contributed by atoms with E-state index in [1.165, 1.54) is 23.4 Å². The molecule has 0 saturated carbocycles. The van der Waals surface area contributed by atoms with Crippen LogP contribution < -0.4 is 5.73 Å². The van der Waals surface area contributed by atoms with Crippen molar-refractivity contribution in [1.29, 1.82) is 0 Å². The predicted octanol–water partition coefficient (Wildman–Crippen LogP) is 4.07. The van der Waals surface area contributed by atoms with Crippen LogP contribution in [0.4, 0.5) is 8.78 Å². The van der Waals surface area contributed by atoms with E-state index in [1.54, 1.807) is 0 Å². The SMILES string of the molecule is Cc1ccc(C(N)CSc2cc(F)ccc2F)cc1. The number of hydrogen-bond donors (Lipinski definition) is 1. The monoisotopic (exact) mass is 279 g/mol. The van der Waals surface area contributed by atoms with Crippen LogP contribution in [0.15, 0.2) is 47.4 Å². The highest BCUT2D eigenvalue weighted by atomic mass is 32.2. The maximum atomic E-state index is 13.4. The Morgan fingerprint density at radius 1 is 1.11 bits per heavy atom. The average Bonchev–Trinajstić information content (AvgIpc) is 2.40. The van der Waals surface area contributed by atoms with Crippen molar-refractivity contribution in [3.8, 4) is 0 Å². The standard InChI is InChI=1S/C15H15F2NS/c1-10-2-4-11(5-3-10)14(18)9-19-15-8-12(16)6-7-13(15)17/h2-8,14H,9,18H2,1H3. The van der Waals surface area contributed by atoms with Crippen LogP contribution in [0.3, 0.4) is 0 Å². The van der Waals surface area contributed by atoms with Gasteiger partial charge in [0.1, 0.15) is 11.6 Å². The fourth-order valence-electron chi connectivity index (χ4n) is 1.68. The van der Waals surface area contributed by atoms with Crippen molar-refractivity contribution < 1.29 is 8.78 Å². The first-order valence-electron chi connectivity index (χ1n) is 5.96. The summed E-state index contributed by atoms with van der Waals surface area (Å²) in [5.74, 6) is -0.348. The molecule has 2 rings (SSSR count).